The Labute approximate surface area is 148 Å². The molecule has 0 N–H and O–H groups in total. The van der Waals surface area contributed by atoms with Crippen LogP contribution in [0.2, 0.25) is 0 Å². The van der Waals surface area contributed by atoms with Gasteiger partial charge in [-0.2, -0.15) is 0 Å². The lowest BCUT2D eigenvalue weighted by atomic mass is 10.2. The molecule has 0 saturated carbocycles. The van der Waals surface area contributed by atoms with E-state index < -0.39 is 0 Å². The smallest absolute Gasteiger partial charge is 0.275 e. The SMILES string of the molecule is COc1cc(-c2cnc3n2CCN(C(=O)c2csnn2)CC3)ccn1. The number of carbonyl (C=O) groups is 1. The first-order chi connectivity index (χ1) is 12.3. The number of aromatic nitrogens is 5. The summed E-state index contributed by atoms with van der Waals surface area (Å²) in [6.07, 6.45) is 4.29. The van der Waals surface area contributed by atoms with E-state index in [1.165, 1.54) is 11.5 Å². The number of carbonyl (C=O) groups excluding carboxylic acids is 1. The van der Waals surface area contributed by atoms with Gasteiger partial charge < -0.3 is 14.2 Å². The van der Waals surface area contributed by atoms with E-state index >= 15 is 0 Å². The minimum atomic E-state index is -0.0772. The van der Waals surface area contributed by atoms with Crippen LogP contribution < -0.4 is 4.74 Å². The third-order valence-corrected chi connectivity index (χ3v) is 4.75. The van der Waals surface area contributed by atoms with Crippen LogP contribution in [0.1, 0.15) is 16.3 Å². The Morgan fingerprint density at radius 3 is 3.00 bits per heavy atom. The summed E-state index contributed by atoms with van der Waals surface area (Å²) in [6, 6.07) is 3.82. The lowest BCUT2D eigenvalue weighted by molar-refractivity contribution is 0.0753. The Kier molecular flexibility index (Phi) is 4.14. The van der Waals surface area contributed by atoms with Crippen LogP contribution in [0.25, 0.3) is 11.3 Å². The predicted octanol–water partition coefficient (Wildman–Crippen LogP) is 1.50. The third kappa shape index (κ3) is 2.98. The standard InChI is InChI=1S/C16H16N6O2S/c1-24-15-8-11(2-4-17-15)13-9-18-14-3-5-21(6-7-22(13)14)16(23)12-10-25-20-19-12/h2,4,8-10H,3,5-7H2,1H3. The monoisotopic (exact) mass is 356 g/mol. The van der Waals surface area contributed by atoms with Gasteiger partial charge in [0.2, 0.25) is 5.88 Å². The van der Waals surface area contributed by atoms with E-state index in [9.17, 15) is 4.79 Å². The molecule has 0 aromatic carbocycles. The summed E-state index contributed by atoms with van der Waals surface area (Å²) >= 11 is 1.19. The van der Waals surface area contributed by atoms with Crippen molar-refractivity contribution >= 4 is 17.4 Å². The van der Waals surface area contributed by atoms with Gasteiger partial charge in [-0.3, -0.25) is 4.79 Å². The molecule has 9 heteroatoms. The number of nitrogens with zero attached hydrogens (tertiary/aromatic N) is 6. The van der Waals surface area contributed by atoms with Crippen molar-refractivity contribution in [3.63, 3.8) is 0 Å². The number of amides is 1. The number of methoxy groups -OCH3 is 1. The Bertz CT molecular complexity index is 892. The Balaban J connectivity index is 1.58. The molecule has 1 amide bonds. The van der Waals surface area contributed by atoms with Gasteiger partial charge in [-0.25, -0.2) is 9.97 Å². The molecule has 0 bridgehead atoms. The minimum Gasteiger partial charge on any atom is -0.481 e. The highest BCUT2D eigenvalue weighted by atomic mass is 32.1. The molecular formula is C16H16N6O2S. The van der Waals surface area contributed by atoms with Crippen LogP contribution in [-0.4, -0.2) is 55.1 Å². The molecule has 0 saturated heterocycles. The second-order valence-electron chi connectivity index (χ2n) is 5.63. The van der Waals surface area contributed by atoms with Crippen molar-refractivity contribution in [3.8, 4) is 17.1 Å². The Morgan fingerprint density at radius 1 is 1.28 bits per heavy atom. The Hall–Kier alpha value is -2.81. The summed E-state index contributed by atoms with van der Waals surface area (Å²) < 4.78 is 11.1. The predicted molar refractivity (Wildman–Crippen MR) is 91.5 cm³/mol. The van der Waals surface area contributed by atoms with E-state index in [1.807, 2.05) is 23.2 Å². The summed E-state index contributed by atoms with van der Waals surface area (Å²) in [5, 5.41) is 5.56. The van der Waals surface area contributed by atoms with Crippen molar-refractivity contribution < 1.29 is 9.53 Å². The van der Waals surface area contributed by atoms with Gasteiger partial charge in [0.25, 0.3) is 5.91 Å². The zero-order valence-corrected chi connectivity index (χ0v) is 14.4. The summed E-state index contributed by atoms with van der Waals surface area (Å²) in [4.78, 5) is 23.0. The lowest BCUT2D eigenvalue weighted by Gasteiger charge is -2.18. The van der Waals surface area contributed by atoms with Gasteiger partial charge in [0, 0.05) is 49.3 Å². The van der Waals surface area contributed by atoms with Crippen LogP contribution in [-0.2, 0) is 13.0 Å². The first-order valence-electron chi connectivity index (χ1n) is 7.87. The van der Waals surface area contributed by atoms with Crippen molar-refractivity contribution in [2.45, 2.75) is 13.0 Å². The molecule has 0 radical (unpaired) electrons. The molecular weight excluding hydrogens is 340 g/mol. The molecule has 0 spiro atoms. The zero-order chi connectivity index (χ0) is 17.2. The number of hydrogen-bond donors (Lipinski definition) is 0. The number of ether oxygens (including phenoxy) is 1. The van der Waals surface area contributed by atoms with E-state index in [-0.39, 0.29) is 5.91 Å². The number of pyridine rings is 1. The van der Waals surface area contributed by atoms with Gasteiger partial charge in [0.15, 0.2) is 5.69 Å². The maximum Gasteiger partial charge on any atom is 0.275 e. The molecule has 1 aliphatic heterocycles. The topological polar surface area (TPSA) is 86.0 Å². The number of imidazole rings is 1. The molecule has 0 aliphatic carbocycles. The highest BCUT2D eigenvalue weighted by Gasteiger charge is 2.23. The third-order valence-electron chi connectivity index (χ3n) is 4.24. The van der Waals surface area contributed by atoms with Crippen LogP contribution in [0.5, 0.6) is 5.88 Å². The summed E-state index contributed by atoms with van der Waals surface area (Å²) in [5.74, 6) is 1.46. The first-order valence-corrected chi connectivity index (χ1v) is 8.71. The molecule has 8 nitrogen and oxygen atoms in total. The number of rotatable bonds is 3. The normalized spacial score (nSPS) is 14.0. The van der Waals surface area contributed by atoms with Crippen molar-refractivity contribution in [1.82, 2.24) is 29.0 Å². The van der Waals surface area contributed by atoms with Crippen molar-refractivity contribution in [2.75, 3.05) is 20.2 Å². The number of fused-ring (bicyclic) bond motifs is 1. The molecule has 3 aromatic heterocycles. The summed E-state index contributed by atoms with van der Waals surface area (Å²) in [5.41, 5.74) is 2.40. The van der Waals surface area contributed by atoms with Crippen LogP contribution >= 0.6 is 11.5 Å². The van der Waals surface area contributed by atoms with Gasteiger partial charge in [0.05, 0.1) is 19.0 Å². The molecule has 1 aliphatic rings. The molecule has 4 rings (SSSR count). The first kappa shape index (κ1) is 15.7. The van der Waals surface area contributed by atoms with Gasteiger partial charge in [-0.15, -0.1) is 5.10 Å². The highest BCUT2D eigenvalue weighted by molar-refractivity contribution is 7.03. The molecule has 25 heavy (non-hydrogen) atoms. The van der Waals surface area contributed by atoms with E-state index in [0.29, 0.717) is 37.6 Å². The highest BCUT2D eigenvalue weighted by Crippen LogP contribution is 2.25. The fraction of sp³-hybridized carbons (Fsp3) is 0.312. The van der Waals surface area contributed by atoms with E-state index in [1.54, 1.807) is 18.7 Å². The average Bonchev–Trinajstić information content (AvgIpc) is 3.27. The molecule has 4 heterocycles. The van der Waals surface area contributed by atoms with Crippen LogP contribution in [0.3, 0.4) is 0 Å². The lowest BCUT2D eigenvalue weighted by Crippen LogP contribution is -2.33. The van der Waals surface area contributed by atoms with E-state index in [2.05, 4.69) is 24.1 Å². The minimum absolute atomic E-state index is 0.0772. The second kappa shape index (κ2) is 6.60. The summed E-state index contributed by atoms with van der Waals surface area (Å²) in [7, 11) is 1.60. The van der Waals surface area contributed by atoms with Gasteiger partial charge in [0.1, 0.15) is 5.82 Å². The molecule has 0 fully saturated rings. The van der Waals surface area contributed by atoms with Crippen molar-refractivity contribution in [1.29, 1.82) is 0 Å². The van der Waals surface area contributed by atoms with Crippen molar-refractivity contribution in [2.24, 2.45) is 0 Å². The van der Waals surface area contributed by atoms with E-state index in [0.717, 1.165) is 17.1 Å². The molecule has 3 aromatic rings. The quantitative estimate of drug-likeness (QED) is 0.707. The van der Waals surface area contributed by atoms with Gasteiger partial charge in [-0.1, -0.05) is 4.49 Å². The van der Waals surface area contributed by atoms with Crippen LogP contribution in [0.4, 0.5) is 0 Å². The van der Waals surface area contributed by atoms with Gasteiger partial charge >= 0.3 is 0 Å². The molecule has 0 atom stereocenters. The molecule has 128 valence electrons. The second-order valence-corrected chi connectivity index (χ2v) is 6.24. The summed E-state index contributed by atoms with van der Waals surface area (Å²) in [6.45, 7) is 1.90. The van der Waals surface area contributed by atoms with Gasteiger partial charge in [-0.05, 0) is 17.6 Å². The van der Waals surface area contributed by atoms with E-state index in [4.69, 9.17) is 4.74 Å². The Morgan fingerprint density at radius 2 is 2.20 bits per heavy atom. The fourth-order valence-electron chi connectivity index (χ4n) is 2.96. The van der Waals surface area contributed by atoms with Crippen LogP contribution in [0, 0.1) is 0 Å². The molecule has 0 unspecified atom stereocenters. The van der Waals surface area contributed by atoms with Crippen LogP contribution in [0.15, 0.2) is 29.9 Å². The maximum absolute atomic E-state index is 12.5. The number of hydrogen-bond acceptors (Lipinski definition) is 7. The van der Waals surface area contributed by atoms with Crippen molar-refractivity contribution in [3.05, 3.63) is 41.4 Å². The largest absolute Gasteiger partial charge is 0.481 e. The zero-order valence-electron chi connectivity index (χ0n) is 13.6. The maximum atomic E-state index is 12.5. The average molecular weight is 356 g/mol. The fourth-order valence-corrected chi connectivity index (χ4v) is 3.39.